The number of rotatable bonds is 19. The number of benzene rings is 2. The van der Waals surface area contributed by atoms with Gasteiger partial charge in [0.1, 0.15) is 0 Å². The van der Waals surface area contributed by atoms with Crippen molar-refractivity contribution in [3.63, 3.8) is 0 Å². The van der Waals surface area contributed by atoms with Crippen molar-refractivity contribution < 1.29 is 14.3 Å². The van der Waals surface area contributed by atoms with Crippen molar-refractivity contribution >= 4 is 36.4 Å². The second kappa shape index (κ2) is 17.7. The smallest absolute Gasteiger partial charge is 0.304 e. The minimum atomic E-state index is -2.65. The Balaban J connectivity index is 2.19. The summed E-state index contributed by atoms with van der Waals surface area (Å²) in [6, 6.07) is 21.6. The Labute approximate surface area is 237 Å². The summed E-state index contributed by atoms with van der Waals surface area (Å²) in [6.45, 7) is 9.20. The van der Waals surface area contributed by atoms with Crippen LogP contribution in [0.5, 0.6) is 0 Å². The molecule has 0 amide bonds. The topological polar surface area (TPSA) is 46.5 Å². The van der Waals surface area contributed by atoms with E-state index in [1.165, 1.54) is 48.9 Å². The number of hydrogen-bond acceptors (Lipinski definition) is 3. The second-order valence-corrected chi connectivity index (χ2v) is 16.6. The molecular formula is C33H50O3SSi. The lowest BCUT2D eigenvalue weighted by molar-refractivity contribution is -0.136. The number of thioether (sulfide) groups is 1. The number of aliphatic carboxylic acids is 1. The van der Waals surface area contributed by atoms with Crippen LogP contribution >= 0.6 is 11.8 Å². The summed E-state index contributed by atoms with van der Waals surface area (Å²) in [6.07, 6.45) is 16.0. The van der Waals surface area contributed by atoms with E-state index in [2.05, 4.69) is 101 Å². The average Bonchev–Trinajstić information content (AvgIpc) is 2.90. The first-order valence-electron chi connectivity index (χ1n) is 14.5. The lowest BCUT2D eigenvalue weighted by atomic mass is 10.1. The first-order valence-corrected chi connectivity index (χ1v) is 17.6. The molecule has 210 valence electrons. The van der Waals surface area contributed by atoms with Crippen molar-refractivity contribution in [2.45, 2.75) is 103 Å². The lowest BCUT2D eigenvalue weighted by Gasteiger charge is -2.45. The summed E-state index contributed by atoms with van der Waals surface area (Å²) in [5, 5.41) is 11.6. The molecule has 2 rings (SSSR count). The Morgan fingerprint density at radius 1 is 0.895 bits per heavy atom. The van der Waals surface area contributed by atoms with Gasteiger partial charge in [0.25, 0.3) is 8.32 Å². The van der Waals surface area contributed by atoms with Gasteiger partial charge in [-0.25, -0.2) is 0 Å². The number of carboxylic acid groups (broad SMARTS) is 1. The van der Waals surface area contributed by atoms with Crippen LogP contribution in [0, 0.1) is 0 Å². The Morgan fingerprint density at radius 3 is 2.00 bits per heavy atom. The van der Waals surface area contributed by atoms with Crippen LogP contribution in [-0.4, -0.2) is 37.0 Å². The van der Waals surface area contributed by atoms with E-state index < -0.39 is 14.3 Å². The molecule has 2 aromatic carbocycles. The van der Waals surface area contributed by atoms with Crippen molar-refractivity contribution in [2.75, 3.05) is 11.5 Å². The highest BCUT2D eigenvalue weighted by Gasteiger charge is 2.51. The van der Waals surface area contributed by atoms with Gasteiger partial charge in [-0.15, -0.1) is 0 Å². The summed E-state index contributed by atoms with van der Waals surface area (Å²) in [5.41, 5.74) is 0. The first kappa shape index (κ1) is 32.4. The van der Waals surface area contributed by atoms with E-state index in [1.54, 1.807) is 11.8 Å². The van der Waals surface area contributed by atoms with E-state index >= 15 is 0 Å². The maximum atomic E-state index is 11.1. The molecular weight excluding hydrogens is 505 g/mol. The minimum Gasteiger partial charge on any atom is -0.481 e. The standard InChI is InChI=1S/C33H50O3SSi/c1-5-6-7-8-9-10-11-12-13-16-21-29(28-37-27-26-32(34)35)36-38(33(2,3)4,30-22-17-14-18-23-30)31-24-19-15-20-25-31/h12-15,17-20,22-25,29H,5-11,16,21,26-28H2,1-4H3,(H,34,35)/b13-12-. The minimum absolute atomic E-state index is 0.0544. The van der Waals surface area contributed by atoms with Crippen molar-refractivity contribution in [2.24, 2.45) is 0 Å². The zero-order valence-corrected chi connectivity index (χ0v) is 26.0. The molecule has 0 bridgehead atoms. The van der Waals surface area contributed by atoms with Gasteiger partial charge in [-0.3, -0.25) is 4.79 Å². The lowest BCUT2D eigenvalue weighted by Crippen LogP contribution is -2.67. The van der Waals surface area contributed by atoms with Crippen LogP contribution in [-0.2, 0) is 9.22 Å². The molecule has 0 spiro atoms. The van der Waals surface area contributed by atoms with Gasteiger partial charge >= 0.3 is 5.97 Å². The molecule has 0 aliphatic heterocycles. The molecule has 0 aliphatic carbocycles. The van der Waals surface area contributed by atoms with Crippen LogP contribution in [0.3, 0.4) is 0 Å². The molecule has 0 heterocycles. The van der Waals surface area contributed by atoms with E-state index in [1.807, 2.05) is 0 Å². The van der Waals surface area contributed by atoms with Crippen molar-refractivity contribution in [1.29, 1.82) is 0 Å². The van der Waals surface area contributed by atoms with Gasteiger partial charge in [0.2, 0.25) is 0 Å². The van der Waals surface area contributed by atoms with Crippen molar-refractivity contribution in [3.8, 4) is 0 Å². The largest absolute Gasteiger partial charge is 0.481 e. The van der Waals surface area contributed by atoms with Crippen LogP contribution in [0.1, 0.15) is 91.9 Å². The molecule has 0 saturated carbocycles. The predicted molar refractivity (Wildman–Crippen MR) is 168 cm³/mol. The summed E-state index contributed by atoms with van der Waals surface area (Å²) < 4.78 is 7.40. The Bertz CT molecular complexity index is 885. The summed E-state index contributed by atoms with van der Waals surface area (Å²) in [4.78, 5) is 11.1. The Hall–Kier alpha value is -1.82. The van der Waals surface area contributed by atoms with E-state index in [0.29, 0.717) is 5.75 Å². The van der Waals surface area contributed by atoms with Gasteiger partial charge in [0.05, 0.1) is 12.5 Å². The zero-order valence-electron chi connectivity index (χ0n) is 24.2. The van der Waals surface area contributed by atoms with Crippen LogP contribution in [0.4, 0.5) is 0 Å². The number of hydrogen-bond donors (Lipinski definition) is 1. The maximum absolute atomic E-state index is 11.1. The molecule has 0 radical (unpaired) electrons. The molecule has 1 unspecified atom stereocenters. The number of carboxylic acids is 1. The highest BCUT2D eigenvalue weighted by molar-refractivity contribution is 7.99. The molecule has 5 heteroatoms. The molecule has 1 atom stereocenters. The highest BCUT2D eigenvalue weighted by Crippen LogP contribution is 2.38. The van der Waals surface area contributed by atoms with E-state index in [-0.39, 0.29) is 17.6 Å². The van der Waals surface area contributed by atoms with Gasteiger partial charge in [-0.2, -0.15) is 11.8 Å². The predicted octanol–water partition coefficient (Wildman–Crippen LogP) is 8.23. The quantitative estimate of drug-likeness (QED) is 0.108. The van der Waals surface area contributed by atoms with E-state index in [4.69, 9.17) is 9.53 Å². The Kier molecular flexibility index (Phi) is 15.1. The zero-order chi connectivity index (χ0) is 27.7. The molecule has 0 fully saturated rings. The fourth-order valence-corrected chi connectivity index (χ4v) is 10.9. The molecule has 0 aromatic heterocycles. The third kappa shape index (κ3) is 10.7. The number of carbonyl (C=O) groups is 1. The fourth-order valence-electron chi connectivity index (χ4n) is 5.05. The van der Waals surface area contributed by atoms with Gasteiger partial charge in [0.15, 0.2) is 0 Å². The van der Waals surface area contributed by atoms with Crippen molar-refractivity contribution in [3.05, 3.63) is 72.8 Å². The third-order valence-electron chi connectivity index (χ3n) is 7.07. The Morgan fingerprint density at radius 2 is 1.45 bits per heavy atom. The molecule has 3 nitrogen and oxygen atoms in total. The maximum Gasteiger partial charge on any atom is 0.304 e. The van der Waals surface area contributed by atoms with Crippen molar-refractivity contribution in [1.82, 2.24) is 0 Å². The molecule has 38 heavy (non-hydrogen) atoms. The monoisotopic (exact) mass is 554 g/mol. The van der Waals surface area contributed by atoms with E-state index in [9.17, 15) is 4.79 Å². The fraction of sp³-hybridized carbons (Fsp3) is 0.545. The van der Waals surface area contributed by atoms with Crippen LogP contribution in [0.15, 0.2) is 72.8 Å². The molecule has 1 N–H and O–H groups in total. The van der Waals surface area contributed by atoms with Gasteiger partial charge in [-0.1, -0.05) is 133 Å². The average molecular weight is 555 g/mol. The first-order chi connectivity index (χ1) is 18.3. The highest BCUT2D eigenvalue weighted by atomic mass is 32.2. The summed E-state index contributed by atoms with van der Waals surface area (Å²) in [7, 11) is -2.65. The number of unbranched alkanes of at least 4 members (excludes halogenated alkanes) is 6. The summed E-state index contributed by atoms with van der Waals surface area (Å²) in [5.74, 6) is 0.687. The summed E-state index contributed by atoms with van der Waals surface area (Å²) >= 11 is 1.70. The third-order valence-corrected chi connectivity index (χ3v) is 13.3. The van der Waals surface area contributed by atoms with E-state index in [0.717, 1.165) is 25.0 Å². The van der Waals surface area contributed by atoms with Crippen LogP contribution in [0.25, 0.3) is 0 Å². The molecule has 0 aliphatic rings. The SMILES string of the molecule is CCCCCCCC/C=C\CCC(CSCCC(=O)O)O[Si](c1ccccc1)(c1ccccc1)C(C)(C)C. The van der Waals surface area contributed by atoms with Gasteiger partial charge in [-0.05, 0) is 41.1 Å². The number of allylic oxidation sites excluding steroid dienone is 2. The normalized spacial score (nSPS) is 13.2. The van der Waals surface area contributed by atoms with Gasteiger partial charge < -0.3 is 9.53 Å². The van der Waals surface area contributed by atoms with Crippen LogP contribution in [0.2, 0.25) is 5.04 Å². The second-order valence-electron chi connectivity index (χ2n) is 11.2. The van der Waals surface area contributed by atoms with Gasteiger partial charge in [0, 0.05) is 11.5 Å². The van der Waals surface area contributed by atoms with Crippen LogP contribution < -0.4 is 10.4 Å². The molecule has 2 aromatic rings. The molecule has 0 saturated heterocycles.